The maximum atomic E-state index is 12.5. The van der Waals surface area contributed by atoms with Crippen LogP contribution in [-0.2, 0) is 15.3 Å². The van der Waals surface area contributed by atoms with Crippen LogP contribution in [-0.4, -0.2) is 44.4 Å². The van der Waals surface area contributed by atoms with Crippen molar-refractivity contribution in [2.45, 2.75) is 37.2 Å². The van der Waals surface area contributed by atoms with E-state index in [2.05, 4.69) is 31.4 Å². The van der Waals surface area contributed by atoms with E-state index in [1.807, 2.05) is 12.1 Å². The van der Waals surface area contributed by atoms with Gasteiger partial charge in [-0.2, -0.15) is 0 Å². The number of hydrogen-bond donors (Lipinski definition) is 5. The van der Waals surface area contributed by atoms with Crippen LogP contribution >= 0.6 is 0 Å². The number of nitrogen functional groups attached to an aromatic ring is 1. The molecule has 29 heavy (non-hydrogen) atoms. The van der Waals surface area contributed by atoms with Crippen molar-refractivity contribution in [1.29, 1.82) is 5.41 Å². The predicted octanol–water partition coefficient (Wildman–Crippen LogP) is 2.06. The number of rotatable bonds is 9. The number of hydrogen-bond acceptors (Lipinski definition) is 6. The van der Waals surface area contributed by atoms with Gasteiger partial charge < -0.3 is 21.5 Å². The van der Waals surface area contributed by atoms with Gasteiger partial charge in [-0.15, -0.1) is 0 Å². The van der Waals surface area contributed by atoms with E-state index in [9.17, 15) is 13.5 Å². The van der Waals surface area contributed by atoms with Gasteiger partial charge in [0.15, 0.2) is 9.84 Å². The van der Waals surface area contributed by atoms with E-state index in [4.69, 9.17) is 11.1 Å². The van der Waals surface area contributed by atoms with Gasteiger partial charge >= 0.3 is 0 Å². The molecule has 7 nitrogen and oxygen atoms in total. The molecule has 8 heteroatoms. The Balaban J connectivity index is 1.81. The highest BCUT2D eigenvalue weighted by Crippen LogP contribution is 2.23. The quantitative estimate of drug-likeness (QED) is 0.313. The molecule has 0 aromatic heterocycles. The molecule has 158 valence electrons. The smallest absolute Gasteiger partial charge is 0.191 e. The number of benzene rings is 2. The molecule has 0 saturated carbocycles. The number of aliphatic hydroxyl groups is 1. The molecule has 0 fully saturated rings. The number of nitrogens with one attached hydrogen (secondary N) is 3. The van der Waals surface area contributed by atoms with Crippen LogP contribution in [0.2, 0.25) is 0 Å². The van der Waals surface area contributed by atoms with E-state index in [0.717, 1.165) is 11.3 Å². The van der Waals surface area contributed by atoms with Crippen LogP contribution in [0.3, 0.4) is 0 Å². The van der Waals surface area contributed by atoms with Crippen LogP contribution in [0.4, 0.5) is 5.69 Å². The molecular weight excluding hydrogens is 388 g/mol. The van der Waals surface area contributed by atoms with Gasteiger partial charge in [-0.05, 0) is 47.4 Å². The van der Waals surface area contributed by atoms with Crippen molar-refractivity contribution in [3.8, 4) is 0 Å². The summed E-state index contributed by atoms with van der Waals surface area (Å²) in [4.78, 5) is 0.260. The second kappa shape index (κ2) is 9.39. The lowest BCUT2D eigenvalue weighted by Crippen LogP contribution is -2.35. The van der Waals surface area contributed by atoms with Crippen molar-refractivity contribution < 1.29 is 13.5 Å². The van der Waals surface area contributed by atoms with Crippen molar-refractivity contribution >= 4 is 21.4 Å². The van der Waals surface area contributed by atoms with Crippen molar-refractivity contribution in [3.05, 3.63) is 59.7 Å². The lowest BCUT2D eigenvalue weighted by atomic mass is 9.87. The normalized spacial score (nSPS) is 13.1. The van der Waals surface area contributed by atoms with Crippen LogP contribution in [0.25, 0.3) is 0 Å². The first-order chi connectivity index (χ1) is 13.5. The number of amidine groups is 1. The van der Waals surface area contributed by atoms with Crippen molar-refractivity contribution in [2.24, 2.45) is 5.73 Å². The average molecular weight is 419 g/mol. The molecule has 0 amide bonds. The summed E-state index contributed by atoms with van der Waals surface area (Å²) in [5.74, 6) is -0.248. The Kier molecular flexibility index (Phi) is 7.40. The van der Waals surface area contributed by atoms with E-state index < -0.39 is 15.9 Å². The summed E-state index contributed by atoms with van der Waals surface area (Å²) in [5.41, 5.74) is 7.85. The first-order valence-corrected chi connectivity index (χ1v) is 11.0. The predicted molar refractivity (Wildman–Crippen MR) is 117 cm³/mol. The van der Waals surface area contributed by atoms with Crippen LogP contribution in [0.5, 0.6) is 0 Å². The first kappa shape index (κ1) is 22.9. The molecule has 0 heterocycles. The summed E-state index contributed by atoms with van der Waals surface area (Å²) in [6.45, 7) is 6.62. The monoisotopic (exact) mass is 418 g/mol. The Morgan fingerprint density at radius 1 is 1.07 bits per heavy atom. The zero-order valence-corrected chi connectivity index (χ0v) is 17.9. The highest BCUT2D eigenvalue weighted by Gasteiger charge is 2.18. The third kappa shape index (κ3) is 6.85. The van der Waals surface area contributed by atoms with E-state index in [1.165, 1.54) is 0 Å². The van der Waals surface area contributed by atoms with Crippen LogP contribution < -0.4 is 16.4 Å². The molecule has 0 spiro atoms. The molecule has 1 unspecified atom stereocenters. The highest BCUT2D eigenvalue weighted by atomic mass is 32.2. The molecule has 0 aliphatic heterocycles. The van der Waals surface area contributed by atoms with Crippen LogP contribution in [0.1, 0.15) is 31.9 Å². The summed E-state index contributed by atoms with van der Waals surface area (Å²) in [6.07, 6.45) is -0.763. The minimum Gasteiger partial charge on any atom is -0.390 e. The summed E-state index contributed by atoms with van der Waals surface area (Å²) in [7, 11) is -3.47. The molecule has 0 bridgehead atoms. The SMILES string of the molecule is CC(C)(C)c1ccc(S(=O)(=O)CNCC(O)CNc2ccc(C(=N)N)cc2)cc1. The zero-order chi connectivity index (χ0) is 21.7. The van der Waals surface area contributed by atoms with Gasteiger partial charge in [0.1, 0.15) is 11.7 Å². The van der Waals surface area contributed by atoms with E-state index in [1.54, 1.807) is 36.4 Å². The molecule has 0 aliphatic carbocycles. The fourth-order valence-corrected chi connectivity index (χ4v) is 3.78. The van der Waals surface area contributed by atoms with Gasteiger partial charge in [-0.1, -0.05) is 32.9 Å². The van der Waals surface area contributed by atoms with E-state index in [0.29, 0.717) is 5.56 Å². The lowest BCUT2D eigenvalue weighted by molar-refractivity contribution is 0.186. The Morgan fingerprint density at radius 2 is 1.66 bits per heavy atom. The van der Waals surface area contributed by atoms with Crippen molar-refractivity contribution in [1.82, 2.24) is 5.32 Å². The molecule has 2 aromatic rings. The first-order valence-electron chi connectivity index (χ1n) is 9.39. The number of sulfone groups is 1. The van der Waals surface area contributed by atoms with Gasteiger partial charge in [0.05, 0.1) is 11.0 Å². The Hall–Kier alpha value is -2.42. The Labute approximate surface area is 172 Å². The second-order valence-corrected chi connectivity index (χ2v) is 10.0. The van der Waals surface area contributed by atoms with Gasteiger partial charge in [-0.25, -0.2) is 8.42 Å². The summed E-state index contributed by atoms with van der Waals surface area (Å²) < 4.78 is 24.9. The molecule has 0 radical (unpaired) electrons. The summed E-state index contributed by atoms with van der Waals surface area (Å²) >= 11 is 0. The van der Waals surface area contributed by atoms with E-state index >= 15 is 0 Å². The van der Waals surface area contributed by atoms with Gasteiger partial charge in [-0.3, -0.25) is 5.41 Å². The Bertz CT molecular complexity index is 918. The standard InChI is InChI=1S/C21H30N4O3S/c1-21(2,3)16-6-10-19(11-7-16)29(27,28)14-24-12-18(26)13-25-17-8-4-15(5-9-17)20(22)23/h4-11,18,24-26H,12-14H2,1-3H3,(H3,22,23). The fourth-order valence-electron chi connectivity index (χ4n) is 2.68. The molecule has 0 saturated heterocycles. The van der Waals surface area contributed by atoms with Gasteiger partial charge in [0.25, 0.3) is 0 Å². The maximum absolute atomic E-state index is 12.5. The molecule has 6 N–H and O–H groups in total. The topological polar surface area (TPSA) is 128 Å². The molecule has 1 atom stereocenters. The van der Waals surface area contributed by atoms with Gasteiger partial charge in [0, 0.05) is 24.3 Å². The van der Waals surface area contributed by atoms with E-state index in [-0.39, 0.29) is 35.1 Å². The third-order valence-corrected chi connectivity index (χ3v) is 6.06. The molecule has 2 aromatic carbocycles. The fraction of sp³-hybridized carbons (Fsp3) is 0.381. The van der Waals surface area contributed by atoms with Crippen molar-refractivity contribution in [3.63, 3.8) is 0 Å². The Morgan fingerprint density at radius 3 is 2.17 bits per heavy atom. The molecular formula is C21H30N4O3S. The lowest BCUT2D eigenvalue weighted by Gasteiger charge is -2.19. The van der Waals surface area contributed by atoms with Crippen LogP contribution in [0.15, 0.2) is 53.4 Å². The van der Waals surface area contributed by atoms with Gasteiger partial charge in [0.2, 0.25) is 0 Å². The number of aliphatic hydroxyl groups excluding tert-OH is 1. The molecule has 2 rings (SSSR count). The summed E-state index contributed by atoms with van der Waals surface area (Å²) in [6, 6.07) is 13.9. The minimum absolute atomic E-state index is 0.00459. The number of nitrogens with two attached hydrogens (primary N) is 1. The second-order valence-electron chi connectivity index (χ2n) is 8.01. The largest absolute Gasteiger partial charge is 0.390 e. The minimum atomic E-state index is -3.47. The third-order valence-electron chi connectivity index (χ3n) is 4.49. The molecule has 0 aliphatic rings. The highest BCUT2D eigenvalue weighted by molar-refractivity contribution is 7.91. The van der Waals surface area contributed by atoms with Crippen LogP contribution in [0, 0.1) is 5.41 Å². The van der Waals surface area contributed by atoms with Crippen molar-refractivity contribution in [2.75, 3.05) is 24.3 Å². The summed E-state index contributed by atoms with van der Waals surface area (Å²) in [5, 5.41) is 23.3. The maximum Gasteiger partial charge on any atom is 0.191 e. The zero-order valence-electron chi connectivity index (χ0n) is 17.1. The number of anilines is 1. The average Bonchev–Trinajstić information content (AvgIpc) is 2.66.